The molecule has 3 aromatic heterocycles. The van der Waals surface area contributed by atoms with Crippen LogP contribution in [-0.2, 0) is 6.54 Å². The van der Waals surface area contributed by atoms with Crippen LogP contribution < -0.4 is 15.0 Å². The molecule has 0 amide bonds. The van der Waals surface area contributed by atoms with Crippen LogP contribution in [0.25, 0.3) is 27.8 Å². The molecule has 0 bridgehead atoms. The molecule has 0 fully saturated rings. The van der Waals surface area contributed by atoms with Gasteiger partial charge in [0.15, 0.2) is 22.7 Å². The summed E-state index contributed by atoms with van der Waals surface area (Å²) >= 11 is 0. The van der Waals surface area contributed by atoms with E-state index in [1.807, 2.05) is 18.2 Å². The van der Waals surface area contributed by atoms with Crippen LogP contribution in [0.1, 0.15) is 5.56 Å². The zero-order valence-electron chi connectivity index (χ0n) is 16.7. The number of halogens is 1. The Morgan fingerprint density at radius 3 is 2.62 bits per heavy atom. The fourth-order valence-electron chi connectivity index (χ4n) is 3.87. The summed E-state index contributed by atoms with van der Waals surface area (Å²) in [7, 11) is 0. The van der Waals surface area contributed by atoms with Gasteiger partial charge >= 0.3 is 0 Å². The molecule has 0 saturated carbocycles. The summed E-state index contributed by atoms with van der Waals surface area (Å²) < 4.78 is 27.6. The van der Waals surface area contributed by atoms with E-state index in [0.717, 1.165) is 11.1 Å². The van der Waals surface area contributed by atoms with E-state index in [1.54, 1.807) is 39.7 Å². The van der Waals surface area contributed by atoms with Crippen molar-refractivity contribution in [2.45, 2.75) is 6.54 Å². The second kappa shape index (κ2) is 7.16. The molecule has 4 heterocycles. The van der Waals surface area contributed by atoms with Crippen molar-refractivity contribution in [1.82, 2.24) is 24.4 Å². The molecule has 1 aliphatic heterocycles. The van der Waals surface area contributed by atoms with Crippen molar-refractivity contribution in [3.8, 4) is 22.6 Å². The number of benzene rings is 2. The SMILES string of the molecule is O=c1c2nnc3c(-c4ccc(F)cc4)cnn3c2ccn1Cc1ccc2c(c1)OCCO2. The molecule has 1 aliphatic rings. The summed E-state index contributed by atoms with van der Waals surface area (Å²) in [6.07, 6.45) is 3.35. The zero-order valence-corrected chi connectivity index (χ0v) is 16.7. The van der Waals surface area contributed by atoms with Gasteiger partial charge in [0.1, 0.15) is 24.5 Å². The third kappa shape index (κ3) is 2.97. The van der Waals surface area contributed by atoms with Crippen LogP contribution in [0.3, 0.4) is 0 Å². The lowest BCUT2D eigenvalue weighted by atomic mass is 10.1. The van der Waals surface area contributed by atoms with Crippen molar-refractivity contribution >= 4 is 16.7 Å². The highest BCUT2D eigenvalue weighted by Gasteiger charge is 2.16. The molecule has 0 saturated heterocycles. The molecule has 9 heteroatoms. The smallest absolute Gasteiger partial charge is 0.280 e. The first kappa shape index (κ1) is 18.5. The highest BCUT2D eigenvalue weighted by molar-refractivity contribution is 5.82. The van der Waals surface area contributed by atoms with Crippen molar-refractivity contribution < 1.29 is 13.9 Å². The Kier molecular flexibility index (Phi) is 4.14. The van der Waals surface area contributed by atoms with Crippen LogP contribution in [0, 0.1) is 5.82 Å². The second-order valence-electron chi connectivity index (χ2n) is 7.46. The van der Waals surface area contributed by atoms with E-state index < -0.39 is 0 Å². The van der Waals surface area contributed by atoms with Gasteiger partial charge in [0.2, 0.25) is 0 Å². The van der Waals surface area contributed by atoms with E-state index >= 15 is 0 Å². The summed E-state index contributed by atoms with van der Waals surface area (Å²) in [5.41, 5.74) is 3.36. The first-order valence-corrected chi connectivity index (χ1v) is 10.1. The Morgan fingerprint density at radius 2 is 1.78 bits per heavy atom. The molecule has 0 N–H and O–H groups in total. The minimum atomic E-state index is -0.319. The highest BCUT2D eigenvalue weighted by atomic mass is 19.1. The monoisotopic (exact) mass is 429 g/mol. The van der Waals surface area contributed by atoms with Gasteiger partial charge in [-0.2, -0.15) is 5.10 Å². The highest BCUT2D eigenvalue weighted by Crippen LogP contribution is 2.31. The van der Waals surface area contributed by atoms with Crippen LogP contribution in [0.5, 0.6) is 11.5 Å². The fourth-order valence-corrected chi connectivity index (χ4v) is 3.87. The predicted octanol–water partition coefficient (Wildman–Crippen LogP) is 3.06. The maximum absolute atomic E-state index is 13.3. The van der Waals surface area contributed by atoms with E-state index in [2.05, 4.69) is 15.3 Å². The molecule has 0 radical (unpaired) electrons. The lowest BCUT2D eigenvalue weighted by Gasteiger charge is -2.19. The molecule has 158 valence electrons. The third-order valence-electron chi connectivity index (χ3n) is 5.45. The van der Waals surface area contributed by atoms with Crippen LogP contribution in [-0.4, -0.2) is 37.6 Å². The molecule has 0 spiro atoms. The minimum absolute atomic E-state index is 0.214. The molecule has 6 rings (SSSR count). The van der Waals surface area contributed by atoms with E-state index in [9.17, 15) is 9.18 Å². The van der Waals surface area contributed by atoms with Gasteiger partial charge in [-0.25, -0.2) is 8.91 Å². The number of rotatable bonds is 3. The minimum Gasteiger partial charge on any atom is -0.486 e. The van der Waals surface area contributed by atoms with Gasteiger partial charge in [-0.3, -0.25) is 4.79 Å². The van der Waals surface area contributed by atoms with Crippen LogP contribution in [0.2, 0.25) is 0 Å². The van der Waals surface area contributed by atoms with E-state index in [0.29, 0.717) is 48.0 Å². The van der Waals surface area contributed by atoms with Crippen molar-refractivity contribution in [3.05, 3.63) is 82.7 Å². The molecule has 2 aromatic carbocycles. The number of hydrogen-bond acceptors (Lipinski definition) is 6. The number of pyridine rings is 1. The summed E-state index contributed by atoms with van der Waals surface area (Å²) in [4.78, 5) is 13.1. The van der Waals surface area contributed by atoms with Gasteiger partial charge in [0, 0.05) is 11.8 Å². The van der Waals surface area contributed by atoms with Gasteiger partial charge in [0.05, 0.1) is 12.7 Å². The Balaban J connectivity index is 1.40. The van der Waals surface area contributed by atoms with Crippen molar-refractivity contribution in [2.24, 2.45) is 0 Å². The normalized spacial score (nSPS) is 13.0. The van der Waals surface area contributed by atoms with Gasteiger partial charge in [0.25, 0.3) is 5.56 Å². The largest absolute Gasteiger partial charge is 0.486 e. The average molecular weight is 429 g/mol. The third-order valence-corrected chi connectivity index (χ3v) is 5.45. The topological polar surface area (TPSA) is 83.5 Å². The maximum atomic E-state index is 13.3. The Hall–Kier alpha value is -4.27. The maximum Gasteiger partial charge on any atom is 0.280 e. The molecule has 0 unspecified atom stereocenters. The molecule has 0 atom stereocenters. The lowest BCUT2D eigenvalue weighted by molar-refractivity contribution is 0.171. The van der Waals surface area contributed by atoms with Crippen molar-refractivity contribution in [3.63, 3.8) is 0 Å². The lowest BCUT2D eigenvalue weighted by Crippen LogP contribution is -2.22. The number of hydrogen-bond donors (Lipinski definition) is 0. The number of ether oxygens (including phenoxy) is 2. The van der Waals surface area contributed by atoms with Crippen LogP contribution in [0.15, 0.2) is 65.7 Å². The summed E-state index contributed by atoms with van der Waals surface area (Å²) in [5, 5.41) is 12.8. The Labute approximate surface area is 180 Å². The molecule has 8 nitrogen and oxygen atoms in total. The standard InChI is InChI=1S/C23H16FN5O3/c24-16-4-2-15(3-5-16)17-12-25-29-18-7-8-28(23(30)21(18)26-27-22(17)29)13-14-1-6-19-20(11-14)32-10-9-31-19/h1-8,11-12H,9-10,13H2. The van der Waals surface area contributed by atoms with Crippen LogP contribution >= 0.6 is 0 Å². The van der Waals surface area contributed by atoms with Crippen LogP contribution in [0.4, 0.5) is 4.39 Å². The van der Waals surface area contributed by atoms with Gasteiger partial charge in [-0.15, -0.1) is 10.2 Å². The molecular formula is C23H16FN5O3. The molecule has 32 heavy (non-hydrogen) atoms. The summed E-state index contributed by atoms with van der Waals surface area (Å²) in [5.74, 6) is 1.06. The van der Waals surface area contributed by atoms with Gasteiger partial charge < -0.3 is 14.0 Å². The molecular weight excluding hydrogens is 413 g/mol. The average Bonchev–Trinajstić information content (AvgIpc) is 3.26. The van der Waals surface area contributed by atoms with E-state index in [4.69, 9.17) is 9.47 Å². The number of fused-ring (bicyclic) bond motifs is 4. The molecule has 0 aliphatic carbocycles. The number of nitrogens with zero attached hydrogens (tertiary/aromatic N) is 5. The second-order valence-corrected chi connectivity index (χ2v) is 7.46. The first-order valence-electron chi connectivity index (χ1n) is 10.1. The van der Waals surface area contributed by atoms with Crippen molar-refractivity contribution in [2.75, 3.05) is 13.2 Å². The van der Waals surface area contributed by atoms with Gasteiger partial charge in [-0.05, 0) is 41.5 Å². The Morgan fingerprint density at radius 1 is 0.969 bits per heavy atom. The van der Waals surface area contributed by atoms with Gasteiger partial charge in [-0.1, -0.05) is 18.2 Å². The zero-order chi connectivity index (χ0) is 21.7. The first-order chi connectivity index (χ1) is 15.7. The quantitative estimate of drug-likeness (QED) is 0.438. The Bertz CT molecular complexity index is 1540. The predicted molar refractivity (Wildman–Crippen MR) is 114 cm³/mol. The van der Waals surface area contributed by atoms with E-state index in [1.165, 1.54) is 12.1 Å². The number of aromatic nitrogens is 5. The molecule has 5 aromatic rings. The van der Waals surface area contributed by atoms with Crippen molar-refractivity contribution in [1.29, 1.82) is 0 Å². The summed E-state index contributed by atoms with van der Waals surface area (Å²) in [6.45, 7) is 1.38. The fraction of sp³-hybridized carbons (Fsp3) is 0.130. The summed E-state index contributed by atoms with van der Waals surface area (Å²) in [6, 6.07) is 13.5. The van der Waals surface area contributed by atoms with E-state index in [-0.39, 0.29) is 16.9 Å².